The minimum Gasteiger partial charge on any atom is -0.350 e. The Hall–Kier alpha value is -2.73. The van der Waals surface area contributed by atoms with Crippen LogP contribution in [0.25, 0.3) is 11.3 Å². The maximum absolute atomic E-state index is 12.2. The van der Waals surface area contributed by atoms with Crippen LogP contribution in [0.3, 0.4) is 0 Å². The molecule has 6 heteroatoms. The zero-order valence-corrected chi connectivity index (χ0v) is 16.5. The Morgan fingerprint density at radius 1 is 1.07 bits per heavy atom. The molecule has 0 unspecified atom stereocenters. The Bertz CT molecular complexity index is 969. The minimum atomic E-state index is -0.222. The van der Waals surface area contributed by atoms with Crippen molar-refractivity contribution >= 4 is 21.8 Å². The summed E-state index contributed by atoms with van der Waals surface area (Å²) in [6, 6.07) is 20.5. The number of benzene rings is 2. The molecule has 1 amide bonds. The summed E-state index contributed by atoms with van der Waals surface area (Å²) in [6.45, 7) is 2.17. The predicted octanol–water partition coefficient (Wildman–Crippen LogP) is 3.94. The van der Waals surface area contributed by atoms with Crippen LogP contribution in [0, 0.1) is 0 Å². The zero-order valence-electron chi connectivity index (χ0n) is 14.9. The first-order valence-corrected chi connectivity index (χ1v) is 9.50. The average molecular weight is 426 g/mol. The van der Waals surface area contributed by atoms with Crippen molar-refractivity contribution in [3.63, 3.8) is 0 Å². The number of amides is 1. The fraction of sp³-hybridized carbons (Fsp3) is 0.190. The number of rotatable bonds is 6. The van der Waals surface area contributed by atoms with Gasteiger partial charge in [0.05, 0.1) is 18.3 Å². The van der Waals surface area contributed by atoms with Crippen molar-refractivity contribution < 1.29 is 4.79 Å². The molecule has 0 saturated heterocycles. The van der Waals surface area contributed by atoms with E-state index in [0.717, 1.165) is 15.6 Å². The standard InChI is InChI=1S/C21H20BrN3O2/c1-15(16-5-3-2-4-6-16)23-20(26)13-14-25-21(27)12-11-19(24-25)17-7-9-18(22)10-8-17/h2-12,15H,13-14H2,1H3,(H,23,26)/t15-/m1/s1. The van der Waals surface area contributed by atoms with E-state index in [2.05, 4.69) is 26.3 Å². The third-order valence-corrected chi connectivity index (χ3v) is 4.76. The summed E-state index contributed by atoms with van der Waals surface area (Å²) in [5.74, 6) is -0.117. The highest BCUT2D eigenvalue weighted by Gasteiger charge is 2.10. The molecule has 0 aliphatic carbocycles. The first kappa shape index (κ1) is 19.0. The molecule has 1 heterocycles. The summed E-state index contributed by atoms with van der Waals surface area (Å²) < 4.78 is 2.31. The molecular formula is C21H20BrN3O2. The molecule has 0 radical (unpaired) electrons. The van der Waals surface area contributed by atoms with Gasteiger partial charge in [0.25, 0.3) is 5.56 Å². The number of carbonyl (C=O) groups excluding carboxylic acids is 1. The summed E-state index contributed by atoms with van der Waals surface area (Å²) in [6.07, 6.45) is 0.188. The molecule has 1 atom stereocenters. The van der Waals surface area contributed by atoms with E-state index in [4.69, 9.17) is 0 Å². The van der Waals surface area contributed by atoms with Crippen molar-refractivity contribution in [2.24, 2.45) is 0 Å². The fourth-order valence-corrected chi connectivity index (χ4v) is 2.99. The number of aryl methyl sites for hydroxylation is 1. The van der Waals surface area contributed by atoms with Crippen molar-refractivity contribution in [1.82, 2.24) is 15.1 Å². The van der Waals surface area contributed by atoms with Gasteiger partial charge in [-0.05, 0) is 30.7 Å². The van der Waals surface area contributed by atoms with Crippen LogP contribution in [0.2, 0.25) is 0 Å². The lowest BCUT2D eigenvalue weighted by molar-refractivity contribution is -0.122. The number of hydrogen-bond acceptors (Lipinski definition) is 3. The van der Waals surface area contributed by atoms with Gasteiger partial charge in [-0.25, -0.2) is 4.68 Å². The molecule has 3 aromatic rings. The molecule has 0 aliphatic rings. The Balaban J connectivity index is 1.65. The SMILES string of the molecule is C[C@@H](NC(=O)CCn1nc(-c2ccc(Br)cc2)ccc1=O)c1ccccc1. The zero-order chi connectivity index (χ0) is 19.2. The van der Waals surface area contributed by atoms with Gasteiger partial charge < -0.3 is 5.32 Å². The summed E-state index contributed by atoms with van der Waals surface area (Å²) in [7, 11) is 0. The average Bonchev–Trinajstić information content (AvgIpc) is 2.68. The van der Waals surface area contributed by atoms with Crippen LogP contribution >= 0.6 is 15.9 Å². The van der Waals surface area contributed by atoms with Gasteiger partial charge in [0.1, 0.15) is 0 Å². The van der Waals surface area contributed by atoms with Gasteiger partial charge >= 0.3 is 0 Å². The van der Waals surface area contributed by atoms with Crippen molar-refractivity contribution in [3.05, 3.63) is 87.1 Å². The minimum absolute atomic E-state index is 0.0857. The summed E-state index contributed by atoms with van der Waals surface area (Å²) in [5.41, 5.74) is 2.42. The number of nitrogens with zero attached hydrogens (tertiary/aromatic N) is 2. The van der Waals surface area contributed by atoms with Crippen molar-refractivity contribution in [3.8, 4) is 11.3 Å². The number of halogens is 1. The topological polar surface area (TPSA) is 64.0 Å². The Morgan fingerprint density at radius 3 is 2.48 bits per heavy atom. The number of aromatic nitrogens is 2. The van der Waals surface area contributed by atoms with Crippen molar-refractivity contribution in [2.75, 3.05) is 0 Å². The Labute approximate surface area is 166 Å². The van der Waals surface area contributed by atoms with Crippen molar-refractivity contribution in [2.45, 2.75) is 25.9 Å². The van der Waals surface area contributed by atoms with E-state index in [1.54, 1.807) is 6.07 Å². The van der Waals surface area contributed by atoms with Crippen LogP contribution in [-0.2, 0) is 11.3 Å². The third kappa shape index (κ3) is 5.14. The van der Waals surface area contributed by atoms with Gasteiger partial charge in [0.2, 0.25) is 5.91 Å². The van der Waals surface area contributed by atoms with E-state index in [0.29, 0.717) is 5.69 Å². The maximum atomic E-state index is 12.2. The molecule has 27 heavy (non-hydrogen) atoms. The summed E-state index contributed by atoms with van der Waals surface area (Å²) in [4.78, 5) is 24.3. The molecule has 0 bridgehead atoms. The lowest BCUT2D eigenvalue weighted by atomic mass is 10.1. The van der Waals surface area contributed by atoms with E-state index in [1.165, 1.54) is 10.7 Å². The number of carbonyl (C=O) groups is 1. The molecule has 2 aromatic carbocycles. The molecule has 0 saturated carbocycles. The molecule has 3 rings (SSSR count). The highest BCUT2D eigenvalue weighted by atomic mass is 79.9. The summed E-state index contributed by atoms with van der Waals surface area (Å²) >= 11 is 3.40. The van der Waals surface area contributed by atoms with Crippen LogP contribution in [0.15, 0.2) is 76.0 Å². The molecule has 1 N–H and O–H groups in total. The second kappa shape index (κ2) is 8.77. The largest absolute Gasteiger partial charge is 0.350 e. The normalized spacial score (nSPS) is 11.8. The molecule has 0 fully saturated rings. The molecule has 0 spiro atoms. The van der Waals surface area contributed by atoms with Gasteiger partial charge in [0, 0.05) is 22.5 Å². The molecule has 5 nitrogen and oxygen atoms in total. The van der Waals surface area contributed by atoms with E-state index in [9.17, 15) is 9.59 Å². The van der Waals surface area contributed by atoms with Gasteiger partial charge in [-0.15, -0.1) is 0 Å². The van der Waals surface area contributed by atoms with Crippen LogP contribution in [0.5, 0.6) is 0 Å². The lowest BCUT2D eigenvalue weighted by Gasteiger charge is -2.14. The highest BCUT2D eigenvalue weighted by molar-refractivity contribution is 9.10. The van der Waals surface area contributed by atoms with E-state index < -0.39 is 0 Å². The Kier molecular flexibility index (Phi) is 6.19. The maximum Gasteiger partial charge on any atom is 0.266 e. The van der Waals surface area contributed by atoms with Gasteiger partial charge in [-0.1, -0.05) is 58.4 Å². The van der Waals surface area contributed by atoms with Gasteiger partial charge in [-0.3, -0.25) is 9.59 Å². The van der Waals surface area contributed by atoms with Crippen LogP contribution in [-0.4, -0.2) is 15.7 Å². The summed E-state index contributed by atoms with van der Waals surface area (Å²) in [5, 5.41) is 7.34. The second-order valence-corrected chi connectivity index (χ2v) is 7.15. The fourth-order valence-electron chi connectivity index (χ4n) is 2.73. The van der Waals surface area contributed by atoms with E-state index >= 15 is 0 Å². The van der Waals surface area contributed by atoms with Crippen LogP contribution in [0.1, 0.15) is 24.9 Å². The molecule has 1 aromatic heterocycles. The predicted molar refractivity (Wildman–Crippen MR) is 109 cm³/mol. The van der Waals surface area contributed by atoms with Gasteiger partial charge in [0.15, 0.2) is 0 Å². The molecule has 138 valence electrons. The quantitative estimate of drug-likeness (QED) is 0.650. The number of nitrogens with one attached hydrogen (secondary N) is 1. The van der Waals surface area contributed by atoms with Crippen molar-refractivity contribution in [1.29, 1.82) is 0 Å². The van der Waals surface area contributed by atoms with Crippen LogP contribution in [0.4, 0.5) is 0 Å². The van der Waals surface area contributed by atoms with Gasteiger partial charge in [-0.2, -0.15) is 5.10 Å². The second-order valence-electron chi connectivity index (χ2n) is 6.24. The first-order chi connectivity index (χ1) is 13.0. The molecule has 0 aliphatic heterocycles. The van der Waals surface area contributed by atoms with Crippen LogP contribution < -0.4 is 10.9 Å². The third-order valence-electron chi connectivity index (χ3n) is 4.23. The lowest BCUT2D eigenvalue weighted by Crippen LogP contribution is -2.30. The highest BCUT2D eigenvalue weighted by Crippen LogP contribution is 2.18. The number of hydrogen-bond donors (Lipinski definition) is 1. The van der Waals surface area contributed by atoms with E-state index in [1.807, 2.05) is 61.5 Å². The molecular weight excluding hydrogens is 406 g/mol. The smallest absolute Gasteiger partial charge is 0.266 e. The monoisotopic (exact) mass is 425 g/mol. The van der Waals surface area contributed by atoms with E-state index in [-0.39, 0.29) is 30.5 Å². The Morgan fingerprint density at radius 2 is 1.78 bits per heavy atom. The first-order valence-electron chi connectivity index (χ1n) is 8.71.